The topological polar surface area (TPSA) is 29.9 Å². The Morgan fingerprint density at radius 3 is 2.65 bits per heavy atom. The molecule has 1 aliphatic rings. The number of benzene rings is 1. The summed E-state index contributed by atoms with van der Waals surface area (Å²) < 4.78 is 28.3. The van der Waals surface area contributed by atoms with Gasteiger partial charge in [-0.3, -0.25) is 0 Å². The predicted octanol–water partition coefficient (Wildman–Crippen LogP) is 2.79. The molecule has 20 heavy (non-hydrogen) atoms. The summed E-state index contributed by atoms with van der Waals surface area (Å²) in [5, 5.41) is 3.34. The summed E-state index contributed by atoms with van der Waals surface area (Å²) in [5.74, 6) is -1.67. The number of aromatic nitrogens is 2. The molecule has 3 nitrogen and oxygen atoms in total. The third-order valence-electron chi connectivity index (χ3n) is 4.15. The van der Waals surface area contributed by atoms with Crippen molar-refractivity contribution >= 4 is 0 Å². The highest BCUT2D eigenvalue weighted by atomic mass is 19.2. The summed E-state index contributed by atoms with van der Waals surface area (Å²) in [4.78, 5) is 4.20. The lowest BCUT2D eigenvalue weighted by Gasteiger charge is -2.34. The summed E-state index contributed by atoms with van der Waals surface area (Å²) in [6, 6.07) is 3.94. The highest BCUT2D eigenvalue weighted by Crippen LogP contribution is 2.34. The van der Waals surface area contributed by atoms with E-state index in [1.165, 1.54) is 6.07 Å². The van der Waals surface area contributed by atoms with Crippen LogP contribution in [0.5, 0.6) is 0 Å². The van der Waals surface area contributed by atoms with Gasteiger partial charge >= 0.3 is 0 Å². The van der Waals surface area contributed by atoms with Crippen molar-refractivity contribution < 1.29 is 8.78 Å². The number of piperidine rings is 1. The van der Waals surface area contributed by atoms with Crippen molar-refractivity contribution in [1.29, 1.82) is 0 Å². The van der Waals surface area contributed by atoms with Crippen molar-refractivity contribution in [3.63, 3.8) is 0 Å². The van der Waals surface area contributed by atoms with E-state index in [2.05, 4.69) is 17.2 Å². The van der Waals surface area contributed by atoms with E-state index in [0.29, 0.717) is 5.69 Å². The molecule has 0 amide bonds. The number of imidazole rings is 1. The standard InChI is InChI=1S/C15H17F2N3/c1-15(4-6-18-7-5-15)14-9-19-10-20(14)11-2-3-12(16)13(17)8-11/h2-3,8-10,18H,4-7H2,1H3. The fourth-order valence-corrected chi connectivity index (χ4v) is 2.82. The molecule has 0 atom stereocenters. The van der Waals surface area contributed by atoms with E-state index in [1.807, 2.05) is 10.8 Å². The first kappa shape index (κ1) is 13.2. The van der Waals surface area contributed by atoms with Gasteiger partial charge < -0.3 is 9.88 Å². The van der Waals surface area contributed by atoms with Gasteiger partial charge in [0, 0.05) is 29.1 Å². The molecule has 1 N–H and O–H groups in total. The van der Waals surface area contributed by atoms with Crippen molar-refractivity contribution in [2.24, 2.45) is 0 Å². The van der Waals surface area contributed by atoms with Gasteiger partial charge in [0.25, 0.3) is 0 Å². The largest absolute Gasteiger partial charge is 0.317 e. The molecule has 3 rings (SSSR count). The predicted molar refractivity (Wildman–Crippen MR) is 72.9 cm³/mol. The minimum absolute atomic E-state index is 0.00656. The fourth-order valence-electron chi connectivity index (χ4n) is 2.82. The highest BCUT2D eigenvalue weighted by Gasteiger charge is 2.32. The SMILES string of the molecule is CC1(c2cncn2-c2ccc(F)c(F)c2)CCNCC1. The normalized spacial score (nSPS) is 18.1. The van der Waals surface area contributed by atoms with Crippen LogP contribution in [0.4, 0.5) is 8.78 Å². The maximum atomic E-state index is 13.4. The fraction of sp³-hybridized carbons (Fsp3) is 0.400. The minimum Gasteiger partial charge on any atom is -0.317 e. The van der Waals surface area contributed by atoms with Gasteiger partial charge in [0.05, 0.1) is 6.33 Å². The molecule has 1 aliphatic heterocycles. The second-order valence-electron chi connectivity index (χ2n) is 5.56. The van der Waals surface area contributed by atoms with Crippen LogP contribution in [0.3, 0.4) is 0 Å². The number of hydrogen-bond acceptors (Lipinski definition) is 2. The van der Waals surface area contributed by atoms with Crippen LogP contribution in [0.15, 0.2) is 30.7 Å². The van der Waals surface area contributed by atoms with E-state index in [-0.39, 0.29) is 5.41 Å². The first-order valence-corrected chi connectivity index (χ1v) is 6.79. The molecule has 0 saturated carbocycles. The summed E-state index contributed by atoms with van der Waals surface area (Å²) in [6.07, 6.45) is 5.49. The Hall–Kier alpha value is -1.75. The molecule has 1 aromatic heterocycles. The van der Waals surface area contributed by atoms with Crippen LogP contribution in [-0.4, -0.2) is 22.6 Å². The molecule has 106 valence electrons. The average Bonchev–Trinajstić information content (AvgIpc) is 2.93. The first-order chi connectivity index (χ1) is 9.60. The smallest absolute Gasteiger partial charge is 0.160 e. The molecule has 1 fully saturated rings. The molecule has 1 saturated heterocycles. The second kappa shape index (κ2) is 4.98. The maximum absolute atomic E-state index is 13.4. The van der Waals surface area contributed by atoms with Crippen LogP contribution in [0, 0.1) is 11.6 Å². The van der Waals surface area contributed by atoms with Gasteiger partial charge in [-0.2, -0.15) is 0 Å². The molecule has 0 unspecified atom stereocenters. The Bertz CT molecular complexity index is 615. The van der Waals surface area contributed by atoms with Crippen LogP contribution < -0.4 is 5.32 Å². The zero-order valence-electron chi connectivity index (χ0n) is 11.4. The number of rotatable bonds is 2. The third kappa shape index (κ3) is 2.22. The highest BCUT2D eigenvalue weighted by molar-refractivity contribution is 5.36. The quantitative estimate of drug-likeness (QED) is 0.914. The molecule has 1 aromatic carbocycles. The molecule has 0 aliphatic carbocycles. The van der Waals surface area contributed by atoms with Crippen molar-refractivity contribution in [2.45, 2.75) is 25.2 Å². The van der Waals surface area contributed by atoms with Gasteiger partial charge in [-0.05, 0) is 38.1 Å². The molecule has 0 spiro atoms. The molecule has 5 heteroatoms. The molecule has 2 aromatic rings. The van der Waals surface area contributed by atoms with E-state index >= 15 is 0 Å². The van der Waals surface area contributed by atoms with E-state index in [4.69, 9.17) is 0 Å². The van der Waals surface area contributed by atoms with Crippen molar-refractivity contribution in [3.8, 4) is 5.69 Å². The Balaban J connectivity index is 2.03. The first-order valence-electron chi connectivity index (χ1n) is 6.79. The Labute approximate surface area is 116 Å². The van der Waals surface area contributed by atoms with Crippen LogP contribution in [0.25, 0.3) is 5.69 Å². The lowest BCUT2D eigenvalue weighted by molar-refractivity contribution is 0.324. The van der Waals surface area contributed by atoms with Crippen molar-refractivity contribution in [2.75, 3.05) is 13.1 Å². The zero-order chi connectivity index (χ0) is 14.2. The third-order valence-corrected chi connectivity index (χ3v) is 4.15. The van der Waals surface area contributed by atoms with Gasteiger partial charge in [-0.15, -0.1) is 0 Å². The van der Waals surface area contributed by atoms with Gasteiger partial charge in [0.15, 0.2) is 11.6 Å². The van der Waals surface area contributed by atoms with E-state index in [1.54, 1.807) is 12.4 Å². The van der Waals surface area contributed by atoms with Crippen LogP contribution in [0.1, 0.15) is 25.5 Å². The van der Waals surface area contributed by atoms with Crippen LogP contribution >= 0.6 is 0 Å². The summed E-state index contributed by atoms with van der Waals surface area (Å²) in [6.45, 7) is 4.11. The van der Waals surface area contributed by atoms with E-state index < -0.39 is 11.6 Å². The van der Waals surface area contributed by atoms with Gasteiger partial charge in [0.2, 0.25) is 0 Å². The van der Waals surface area contributed by atoms with Crippen LogP contribution in [-0.2, 0) is 5.41 Å². The average molecular weight is 277 g/mol. The minimum atomic E-state index is -0.836. The van der Waals surface area contributed by atoms with Gasteiger partial charge in [-0.25, -0.2) is 13.8 Å². The Morgan fingerprint density at radius 2 is 1.95 bits per heavy atom. The zero-order valence-corrected chi connectivity index (χ0v) is 11.4. The number of nitrogens with zero attached hydrogens (tertiary/aromatic N) is 2. The number of nitrogens with one attached hydrogen (secondary N) is 1. The van der Waals surface area contributed by atoms with Crippen molar-refractivity contribution in [3.05, 3.63) is 48.1 Å². The second-order valence-corrected chi connectivity index (χ2v) is 5.56. The van der Waals surface area contributed by atoms with Crippen molar-refractivity contribution in [1.82, 2.24) is 14.9 Å². The van der Waals surface area contributed by atoms with Crippen LogP contribution in [0.2, 0.25) is 0 Å². The molecule has 2 heterocycles. The number of hydrogen-bond donors (Lipinski definition) is 1. The Morgan fingerprint density at radius 1 is 1.20 bits per heavy atom. The molecular weight excluding hydrogens is 260 g/mol. The maximum Gasteiger partial charge on any atom is 0.160 e. The monoisotopic (exact) mass is 277 g/mol. The molecule has 0 radical (unpaired) electrons. The van der Waals surface area contributed by atoms with Gasteiger partial charge in [-0.1, -0.05) is 6.92 Å². The summed E-state index contributed by atoms with van der Waals surface area (Å²) in [7, 11) is 0. The lowest BCUT2D eigenvalue weighted by Crippen LogP contribution is -2.38. The van der Waals surface area contributed by atoms with Gasteiger partial charge in [0.1, 0.15) is 0 Å². The lowest BCUT2D eigenvalue weighted by atomic mass is 9.78. The molecule has 0 bridgehead atoms. The summed E-state index contributed by atoms with van der Waals surface area (Å²) >= 11 is 0. The number of halogens is 2. The van der Waals surface area contributed by atoms with E-state index in [0.717, 1.165) is 37.7 Å². The summed E-state index contributed by atoms with van der Waals surface area (Å²) in [5.41, 5.74) is 1.66. The van der Waals surface area contributed by atoms with E-state index in [9.17, 15) is 8.78 Å². The molecular formula is C15H17F2N3. The Kier molecular flexibility index (Phi) is 3.30.